The van der Waals surface area contributed by atoms with Crippen molar-refractivity contribution in [2.24, 2.45) is 0 Å². The van der Waals surface area contributed by atoms with Gasteiger partial charge in [0, 0.05) is 0 Å². The normalized spacial score (nSPS) is 8.64. The third kappa shape index (κ3) is 33.1. The Morgan fingerprint density at radius 2 is 0.234 bits per heavy atom. The molecule has 0 saturated heterocycles. The number of hydrogen-bond acceptors (Lipinski definition) is 0. The molecule has 13 aromatic carbocycles. The van der Waals surface area contributed by atoms with Crippen LogP contribution in [0.5, 0.6) is 0 Å². The van der Waals surface area contributed by atoms with Gasteiger partial charge in [-0.05, 0) is 100 Å². The molecule has 13 rings (SSSR count). The fourth-order valence-corrected chi connectivity index (χ4v) is 8.65. The summed E-state index contributed by atoms with van der Waals surface area (Å²) in [5.41, 5.74) is 15.2. The Hall–Kier alpha value is -9.62. The number of hydrogen-bond donors (Lipinski definition) is 0. The Morgan fingerprint density at radius 1 is 0.0957 bits per heavy atom. The molecule has 0 atom stereocenters. The first-order valence-electron chi connectivity index (χ1n) is 35.2. The minimum absolute atomic E-state index is 1.26. The average Bonchev–Trinajstić information content (AvgIpc) is 1.89. The molecule has 0 aliphatic rings. The van der Waals surface area contributed by atoms with Crippen LogP contribution in [0, 0.1) is 0 Å². The van der Waals surface area contributed by atoms with Gasteiger partial charge < -0.3 is 0 Å². The zero-order valence-corrected chi connectivity index (χ0v) is 61.5. The van der Waals surface area contributed by atoms with Crippen LogP contribution in [0.4, 0.5) is 0 Å². The minimum atomic E-state index is 1.26. The smallest absolute Gasteiger partial charge is 0.0178 e. The van der Waals surface area contributed by atoms with Crippen molar-refractivity contribution in [3.8, 4) is 66.8 Å². The van der Waals surface area contributed by atoms with Crippen LogP contribution in [0.3, 0.4) is 0 Å². The molecule has 0 N–H and O–H groups in total. The molecular weight excluding hydrogens is 1130 g/mol. The van der Waals surface area contributed by atoms with E-state index in [1.54, 1.807) is 0 Å². The van der Waals surface area contributed by atoms with Gasteiger partial charge in [-0.25, -0.2) is 0 Å². The van der Waals surface area contributed by atoms with Gasteiger partial charge in [0.15, 0.2) is 0 Å². The molecule has 0 radical (unpaired) electrons. The van der Waals surface area contributed by atoms with Crippen LogP contribution in [0.25, 0.3) is 88.3 Å². The average molecular weight is 1250 g/mol. The molecule has 0 aromatic heterocycles. The van der Waals surface area contributed by atoms with E-state index in [0.717, 1.165) is 0 Å². The second-order valence-corrected chi connectivity index (χ2v) is 17.6. The molecular formula is C94H118. The van der Waals surface area contributed by atoms with E-state index in [4.69, 9.17) is 0 Å². The molecule has 13 aromatic rings. The second kappa shape index (κ2) is 60.9. The second-order valence-electron chi connectivity index (χ2n) is 17.6. The molecule has 94 heavy (non-hydrogen) atoms. The molecule has 0 bridgehead atoms. The van der Waals surface area contributed by atoms with E-state index in [-0.39, 0.29) is 0 Å². The Kier molecular flexibility index (Phi) is 56.0. The van der Waals surface area contributed by atoms with E-state index in [1.807, 2.05) is 181 Å². The van der Waals surface area contributed by atoms with Crippen molar-refractivity contribution in [2.45, 2.75) is 138 Å². The van der Waals surface area contributed by atoms with Crippen molar-refractivity contribution in [1.82, 2.24) is 0 Å². The summed E-state index contributed by atoms with van der Waals surface area (Å²) in [4.78, 5) is 0. The van der Waals surface area contributed by atoms with Crippen LogP contribution in [0.15, 0.2) is 352 Å². The molecule has 0 aliphatic heterocycles. The quantitative estimate of drug-likeness (QED) is 0.156. The Morgan fingerprint density at radius 3 is 0.457 bits per heavy atom. The Labute approximate surface area is 575 Å². The van der Waals surface area contributed by atoms with Crippen molar-refractivity contribution in [1.29, 1.82) is 0 Å². The monoisotopic (exact) mass is 1250 g/mol. The number of benzene rings is 13. The number of rotatable bonds is 6. The van der Waals surface area contributed by atoms with Crippen LogP contribution in [-0.4, -0.2) is 0 Å². The summed E-state index contributed by atoms with van der Waals surface area (Å²) in [6.45, 7) is 40.0. The zero-order chi connectivity index (χ0) is 70.2. The van der Waals surface area contributed by atoms with Gasteiger partial charge in [-0.3, -0.25) is 0 Å². The van der Waals surface area contributed by atoms with Gasteiger partial charge in [0.05, 0.1) is 0 Å². The highest BCUT2D eigenvalue weighted by atomic mass is 14.1. The lowest BCUT2D eigenvalue weighted by Crippen LogP contribution is -1.80. The topological polar surface area (TPSA) is 0 Å². The predicted molar refractivity (Wildman–Crippen MR) is 433 cm³/mol. The first-order chi connectivity index (χ1) is 46.7. The molecule has 0 unspecified atom stereocenters. The van der Waals surface area contributed by atoms with E-state index in [9.17, 15) is 0 Å². The maximum atomic E-state index is 2.24. The van der Waals surface area contributed by atoms with Gasteiger partial charge >= 0.3 is 0 Å². The Bertz CT molecular complexity index is 3430. The maximum absolute atomic E-state index is 2.24. The first-order valence-corrected chi connectivity index (χ1v) is 35.2. The highest BCUT2D eigenvalue weighted by Crippen LogP contribution is 2.28. The standard InChI is InChI=1S/2C18H14.C16H12.C12H10.C10H8.10C2H6/c1-3-8-15(9-4-1)17-12-7-13-18(14-17)16-10-5-2-6-11-16;1-3-7-15(8-4-1)17-11-13-18(14-12-17)16-9-5-2-6-10-16;1-2-6-13(7-3-1)16-11-10-14-8-4-5-9-15(14)12-16;1-3-7-11(8-4-1)12-9-5-2-6-10-12;1-2-6-10-8-4-3-7-9(10)5-1;10*1-2/h2*1-14H;1-12H;1-10H;1-8H;10*1-2H3. The lowest BCUT2D eigenvalue weighted by molar-refractivity contribution is 1.50. The molecule has 0 fully saturated rings. The van der Waals surface area contributed by atoms with Gasteiger partial charge in [0.1, 0.15) is 0 Å². The van der Waals surface area contributed by atoms with Crippen molar-refractivity contribution >= 4 is 21.5 Å². The van der Waals surface area contributed by atoms with Crippen molar-refractivity contribution < 1.29 is 0 Å². The first kappa shape index (κ1) is 86.4. The zero-order valence-electron chi connectivity index (χ0n) is 61.5. The molecule has 0 nitrogen and oxygen atoms in total. The van der Waals surface area contributed by atoms with E-state index >= 15 is 0 Å². The van der Waals surface area contributed by atoms with E-state index in [2.05, 4.69) is 309 Å². The summed E-state index contributed by atoms with van der Waals surface area (Å²) in [7, 11) is 0. The van der Waals surface area contributed by atoms with Crippen LogP contribution in [-0.2, 0) is 0 Å². The van der Waals surface area contributed by atoms with Gasteiger partial charge in [-0.1, -0.05) is 478 Å². The van der Waals surface area contributed by atoms with Gasteiger partial charge in [-0.2, -0.15) is 0 Å². The lowest BCUT2D eigenvalue weighted by atomic mass is 9.99. The van der Waals surface area contributed by atoms with Gasteiger partial charge in [-0.15, -0.1) is 0 Å². The van der Waals surface area contributed by atoms with E-state index < -0.39 is 0 Å². The molecule has 494 valence electrons. The van der Waals surface area contributed by atoms with Gasteiger partial charge in [0.25, 0.3) is 0 Å². The molecule has 0 saturated carbocycles. The molecule has 0 spiro atoms. The summed E-state index contributed by atoms with van der Waals surface area (Å²) in [5.74, 6) is 0. The minimum Gasteiger partial charge on any atom is -0.0683 e. The van der Waals surface area contributed by atoms with Crippen LogP contribution in [0.1, 0.15) is 138 Å². The molecule has 0 heteroatoms. The summed E-state index contributed by atoms with van der Waals surface area (Å²) in [6, 6.07) is 122. The summed E-state index contributed by atoms with van der Waals surface area (Å²) in [6.07, 6.45) is 0. The molecule has 0 amide bonds. The lowest BCUT2D eigenvalue weighted by Gasteiger charge is -2.05. The van der Waals surface area contributed by atoms with Crippen molar-refractivity contribution in [2.75, 3.05) is 0 Å². The van der Waals surface area contributed by atoms with E-state index in [0.29, 0.717) is 0 Å². The maximum Gasteiger partial charge on any atom is -0.0178 e. The number of fused-ring (bicyclic) bond motifs is 2. The van der Waals surface area contributed by atoms with Crippen LogP contribution in [0.2, 0.25) is 0 Å². The fourth-order valence-electron chi connectivity index (χ4n) is 8.65. The third-order valence-electron chi connectivity index (χ3n) is 12.6. The highest BCUT2D eigenvalue weighted by molar-refractivity contribution is 5.87. The van der Waals surface area contributed by atoms with Crippen molar-refractivity contribution in [3.63, 3.8) is 0 Å². The van der Waals surface area contributed by atoms with Crippen LogP contribution < -0.4 is 0 Å². The van der Waals surface area contributed by atoms with Gasteiger partial charge in [0.2, 0.25) is 0 Å². The Balaban J connectivity index is 0. The fraction of sp³-hybridized carbons (Fsp3) is 0.213. The van der Waals surface area contributed by atoms with Crippen LogP contribution >= 0.6 is 0 Å². The SMILES string of the molecule is CC.CC.CC.CC.CC.CC.CC.CC.CC.CC.c1ccc(-c2ccc(-c3ccccc3)cc2)cc1.c1ccc(-c2ccc3ccccc3c2)cc1.c1ccc(-c2cccc(-c3ccccc3)c2)cc1.c1ccc(-c2ccccc2)cc1.c1ccc2ccccc2c1. The highest BCUT2D eigenvalue weighted by Gasteiger charge is 2.02. The molecule has 0 heterocycles. The summed E-state index contributed by atoms with van der Waals surface area (Å²) < 4.78 is 0. The third-order valence-corrected chi connectivity index (χ3v) is 12.6. The van der Waals surface area contributed by atoms with Crippen molar-refractivity contribution in [3.05, 3.63) is 352 Å². The van der Waals surface area contributed by atoms with E-state index in [1.165, 1.54) is 88.3 Å². The summed E-state index contributed by atoms with van der Waals surface area (Å²) in [5, 5.41) is 5.21. The largest absolute Gasteiger partial charge is 0.0683 e. The summed E-state index contributed by atoms with van der Waals surface area (Å²) >= 11 is 0. The molecule has 0 aliphatic carbocycles. The predicted octanol–water partition coefficient (Wildman–Crippen LogP) is 31.0.